The van der Waals surface area contributed by atoms with E-state index in [1.807, 2.05) is 6.08 Å². The Morgan fingerprint density at radius 1 is 1.30 bits per heavy atom. The molecule has 23 heavy (non-hydrogen) atoms. The van der Waals surface area contributed by atoms with E-state index in [1.165, 1.54) is 29.6 Å². The first-order valence-electron chi connectivity index (χ1n) is 8.99. The van der Waals surface area contributed by atoms with Gasteiger partial charge < -0.3 is 4.74 Å². The van der Waals surface area contributed by atoms with Gasteiger partial charge in [0.1, 0.15) is 0 Å². The number of hydrogen-bond donors (Lipinski definition) is 0. The quantitative estimate of drug-likeness (QED) is 0.743. The number of carbonyl (C=O) groups excluding carboxylic acids is 1. The molecule has 2 nitrogen and oxygen atoms in total. The van der Waals surface area contributed by atoms with Crippen molar-refractivity contribution in [2.24, 2.45) is 22.7 Å². The van der Waals surface area contributed by atoms with Crippen LogP contribution in [-0.2, 0) is 9.53 Å². The average Bonchev–Trinajstić information content (AvgIpc) is 2.48. The molecule has 0 saturated heterocycles. The number of hydrogen-bond acceptors (Lipinski definition) is 2. The van der Waals surface area contributed by atoms with E-state index in [4.69, 9.17) is 4.74 Å². The molecule has 3 rings (SSSR count). The van der Waals surface area contributed by atoms with Crippen molar-refractivity contribution in [2.45, 2.75) is 53.4 Å². The van der Waals surface area contributed by atoms with Crippen LogP contribution in [0, 0.1) is 22.7 Å². The van der Waals surface area contributed by atoms with E-state index in [2.05, 4.69) is 39.8 Å². The highest BCUT2D eigenvalue weighted by atomic mass is 16.5. The second kappa shape index (κ2) is 5.73. The summed E-state index contributed by atoms with van der Waals surface area (Å²) in [5, 5.41) is 0. The summed E-state index contributed by atoms with van der Waals surface area (Å²) in [4.78, 5) is 12.3. The van der Waals surface area contributed by atoms with Crippen LogP contribution in [0.15, 0.2) is 34.9 Å². The van der Waals surface area contributed by atoms with Crippen LogP contribution in [0.25, 0.3) is 0 Å². The fourth-order valence-corrected chi connectivity index (χ4v) is 5.01. The molecule has 0 amide bonds. The predicted octanol–water partition coefficient (Wildman–Crippen LogP) is 4.87. The van der Waals surface area contributed by atoms with Crippen LogP contribution in [-0.4, -0.2) is 19.5 Å². The summed E-state index contributed by atoms with van der Waals surface area (Å²) in [5.74, 6) is 1.53. The molecule has 0 aliphatic heterocycles. The third-order valence-electron chi connectivity index (χ3n) is 6.32. The van der Waals surface area contributed by atoms with Crippen molar-refractivity contribution < 1.29 is 9.53 Å². The molecule has 126 valence electrons. The van der Waals surface area contributed by atoms with Gasteiger partial charge in [0.25, 0.3) is 0 Å². The van der Waals surface area contributed by atoms with Crippen molar-refractivity contribution in [1.82, 2.24) is 0 Å². The van der Waals surface area contributed by atoms with Gasteiger partial charge in [-0.1, -0.05) is 46.3 Å². The lowest BCUT2D eigenvalue weighted by Gasteiger charge is -2.47. The second-order valence-electron chi connectivity index (χ2n) is 8.46. The van der Waals surface area contributed by atoms with Gasteiger partial charge in [-0.15, -0.1) is 0 Å². The SMILES string of the molecule is CC[C@H]1[C@@H]2CCC3=CC(=O)C(C)(C)CC3=C2C=C[C@]1(C)COC. The summed E-state index contributed by atoms with van der Waals surface area (Å²) in [5.41, 5.74) is 4.13. The van der Waals surface area contributed by atoms with Gasteiger partial charge in [0.15, 0.2) is 5.78 Å². The van der Waals surface area contributed by atoms with E-state index in [1.54, 1.807) is 7.11 Å². The van der Waals surface area contributed by atoms with Crippen molar-refractivity contribution in [2.75, 3.05) is 13.7 Å². The van der Waals surface area contributed by atoms with Gasteiger partial charge in [-0.05, 0) is 53.9 Å². The number of fused-ring (bicyclic) bond motifs is 2. The molecule has 0 N–H and O–H groups in total. The third-order valence-corrected chi connectivity index (χ3v) is 6.32. The van der Waals surface area contributed by atoms with E-state index >= 15 is 0 Å². The molecule has 3 atom stereocenters. The van der Waals surface area contributed by atoms with Crippen LogP contribution in [0.5, 0.6) is 0 Å². The van der Waals surface area contributed by atoms with Crippen LogP contribution in [0.4, 0.5) is 0 Å². The van der Waals surface area contributed by atoms with Gasteiger partial charge in [0.2, 0.25) is 0 Å². The molecule has 0 radical (unpaired) electrons. The van der Waals surface area contributed by atoms with Crippen LogP contribution in [0.1, 0.15) is 53.4 Å². The average molecular weight is 314 g/mol. The molecular formula is C21H30O2. The van der Waals surface area contributed by atoms with Gasteiger partial charge in [-0.3, -0.25) is 4.79 Å². The number of methoxy groups -OCH3 is 1. The molecule has 0 aromatic heterocycles. The van der Waals surface area contributed by atoms with Crippen molar-refractivity contribution in [3.8, 4) is 0 Å². The van der Waals surface area contributed by atoms with Gasteiger partial charge in [-0.25, -0.2) is 0 Å². The summed E-state index contributed by atoms with van der Waals surface area (Å²) >= 11 is 0. The molecule has 3 aliphatic rings. The zero-order valence-electron chi connectivity index (χ0n) is 15.2. The molecule has 2 heteroatoms. The van der Waals surface area contributed by atoms with Crippen LogP contribution >= 0.6 is 0 Å². The maximum atomic E-state index is 12.3. The maximum Gasteiger partial charge on any atom is 0.161 e. The zero-order chi connectivity index (χ0) is 16.8. The molecular weight excluding hydrogens is 284 g/mol. The molecule has 0 spiro atoms. The lowest BCUT2D eigenvalue weighted by molar-refractivity contribution is -0.122. The molecule has 0 unspecified atom stereocenters. The summed E-state index contributed by atoms with van der Waals surface area (Å²) in [6.45, 7) is 9.59. The minimum Gasteiger partial charge on any atom is -0.384 e. The fraction of sp³-hybridized carbons (Fsp3) is 0.667. The highest BCUT2D eigenvalue weighted by Gasteiger charge is 2.44. The Morgan fingerprint density at radius 2 is 2.04 bits per heavy atom. The zero-order valence-corrected chi connectivity index (χ0v) is 15.2. The second-order valence-corrected chi connectivity index (χ2v) is 8.46. The molecule has 0 heterocycles. The Kier molecular flexibility index (Phi) is 4.16. The molecule has 0 bridgehead atoms. The Labute approximate surface area is 140 Å². The molecule has 0 aromatic rings. The maximum absolute atomic E-state index is 12.3. The van der Waals surface area contributed by atoms with Gasteiger partial charge in [0.05, 0.1) is 6.61 Å². The number of rotatable bonds is 3. The minimum atomic E-state index is -0.253. The van der Waals surface area contributed by atoms with E-state index in [0.717, 1.165) is 19.4 Å². The van der Waals surface area contributed by atoms with Crippen molar-refractivity contribution in [3.05, 3.63) is 34.9 Å². The van der Waals surface area contributed by atoms with Crippen LogP contribution in [0.2, 0.25) is 0 Å². The van der Waals surface area contributed by atoms with Crippen LogP contribution in [0.3, 0.4) is 0 Å². The third kappa shape index (κ3) is 2.65. The van der Waals surface area contributed by atoms with Gasteiger partial charge in [-0.2, -0.15) is 0 Å². The lowest BCUT2D eigenvalue weighted by Crippen LogP contribution is -2.40. The van der Waals surface area contributed by atoms with Crippen LogP contribution < -0.4 is 0 Å². The number of ether oxygens (including phenoxy) is 1. The van der Waals surface area contributed by atoms with E-state index < -0.39 is 0 Å². The molecule has 0 fully saturated rings. The van der Waals surface area contributed by atoms with E-state index in [-0.39, 0.29) is 10.8 Å². The van der Waals surface area contributed by atoms with Crippen molar-refractivity contribution in [3.63, 3.8) is 0 Å². The smallest absolute Gasteiger partial charge is 0.161 e. The largest absolute Gasteiger partial charge is 0.384 e. The van der Waals surface area contributed by atoms with Crippen molar-refractivity contribution >= 4 is 5.78 Å². The first-order valence-corrected chi connectivity index (χ1v) is 8.99. The summed E-state index contributed by atoms with van der Waals surface area (Å²) < 4.78 is 5.53. The lowest BCUT2D eigenvalue weighted by atomic mass is 9.58. The van der Waals surface area contributed by atoms with Gasteiger partial charge in [0, 0.05) is 17.9 Å². The normalized spacial score (nSPS) is 35.7. The number of ketones is 1. The molecule has 3 aliphatic carbocycles. The standard InChI is InChI=1S/C21H30O2/c1-6-18-16-8-7-14-11-19(22)20(2,3)12-17(14)15(16)9-10-21(18,4)13-23-5/h9-11,16,18H,6-8,12-13H2,1-5H3/t16-,18+,21-/m1/s1. The Morgan fingerprint density at radius 3 is 2.70 bits per heavy atom. The Bertz CT molecular complexity index is 605. The summed E-state index contributed by atoms with van der Waals surface area (Å²) in [6, 6.07) is 0. The topological polar surface area (TPSA) is 26.3 Å². The monoisotopic (exact) mass is 314 g/mol. The highest BCUT2D eigenvalue weighted by molar-refractivity contribution is 5.97. The first kappa shape index (κ1) is 16.7. The highest BCUT2D eigenvalue weighted by Crippen LogP contribution is 2.53. The molecule has 0 aromatic carbocycles. The fourth-order valence-electron chi connectivity index (χ4n) is 5.01. The Balaban J connectivity index is 2.08. The van der Waals surface area contributed by atoms with E-state index in [9.17, 15) is 4.79 Å². The summed E-state index contributed by atoms with van der Waals surface area (Å²) in [7, 11) is 1.80. The first-order chi connectivity index (χ1) is 10.8. The number of carbonyl (C=O) groups is 1. The Hall–Kier alpha value is -1.15. The van der Waals surface area contributed by atoms with Crippen molar-refractivity contribution in [1.29, 1.82) is 0 Å². The van der Waals surface area contributed by atoms with E-state index in [0.29, 0.717) is 17.6 Å². The van der Waals surface area contributed by atoms with Gasteiger partial charge >= 0.3 is 0 Å². The number of allylic oxidation sites excluding steroid dienone is 5. The minimum absolute atomic E-state index is 0.124. The predicted molar refractivity (Wildman–Crippen MR) is 94.1 cm³/mol. The summed E-state index contributed by atoms with van der Waals surface area (Å²) in [6.07, 6.45) is 10.9. The molecule has 0 saturated carbocycles.